The maximum atomic E-state index is 13.2. The van der Waals surface area contributed by atoms with Crippen LogP contribution < -0.4 is 5.32 Å². The molecule has 1 aliphatic heterocycles. The third-order valence-electron chi connectivity index (χ3n) is 6.58. The summed E-state index contributed by atoms with van der Waals surface area (Å²) in [6.45, 7) is 8.52. The van der Waals surface area contributed by atoms with Crippen molar-refractivity contribution in [2.45, 2.75) is 52.1 Å². The Bertz CT molecular complexity index is 777. The van der Waals surface area contributed by atoms with Gasteiger partial charge in [-0.15, -0.1) is 0 Å². The highest BCUT2D eigenvalue weighted by molar-refractivity contribution is 5.78. The molecule has 1 heterocycles. The summed E-state index contributed by atoms with van der Waals surface area (Å²) in [5.41, 5.74) is 3.12. The second-order valence-corrected chi connectivity index (χ2v) is 9.97. The fraction of sp³-hybridized carbons (Fsp3) is 0.480. The summed E-state index contributed by atoms with van der Waals surface area (Å²) in [5, 5.41) is 2.21. The van der Waals surface area contributed by atoms with Crippen LogP contribution in [0.1, 0.15) is 57.2 Å². The van der Waals surface area contributed by atoms with Crippen LogP contribution in [0.25, 0.3) is 0 Å². The highest BCUT2D eigenvalue weighted by atomic mass is 16.2. The molecule has 0 unspecified atom stereocenters. The lowest BCUT2D eigenvalue weighted by atomic mass is 9.65. The minimum Gasteiger partial charge on any atom is -0.334 e. The Morgan fingerprint density at radius 1 is 1.00 bits per heavy atom. The molecule has 3 nitrogen and oxygen atoms in total. The van der Waals surface area contributed by atoms with Gasteiger partial charge in [0, 0.05) is 23.7 Å². The number of fused-ring (bicyclic) bond motifs is 2. The van der Waals surface area contributed by atoms with Gasteiger partial charge in [0.25, 0.3) is 5.91 Å². The molecule has 1 saturated heterocycles. The van der Waals surface area contributed by atoms with Crippen LogP contribution in [0.15, 0.2) is 60.7 Å². The Labute approximate surface area is 169 Å². The summed E-state index contributed by atoms with van der Waals surface area (Å²) in [4.78, 5) is 15.4. The van der Waals surface area contributed by atoms with Crippen LogP contribution >= 0.6 is 0 Å². The minimum atomic E-state index is 0.153. The quantitative estimate of drug-likeness (QED) is 0.846. The van der Waals surface area contributed by atoms with E-state index >= 15 is 0 Å². The molecule has 1 saturated carbocycles. The molecule has 3 heteroatoms. The highest BCUT2D eigenvalue weighted by Crippen LogP contribution is 2.52. The van der Waals surface area contributed by atoms with E-state index < -0.39 is 0 Å². The highest BCUT2D eigenvalue weighted by Gasteiger charge is 2.51. The van der Waals surface area contributed by atoms with E-state index in [9.17, 15) is 4.79 Å². The van der Waals surface area contributed by atoms with Crippen LogP contribution in [-0.4, -0.2) is 29.9 Å². The van der Waals surface area contributed by atoms with Crippen molar-refractivity contribution in [2.75, 3.05) is 13.1 Å². The van der Waals surface area contributed by atoms with Crippen molar-refractivity contribution >= 4 is 5.91 Å². The van der Waals surface area contributed by atoms with Crippen molar-refractivity contribution in [3.05, 3.63) is 71.8 Å². The van der Waals surface area contributed by atoms with Crippen LogP contribution in [0.2, 0.25) is 0 Å². The maximum Gasteiger partial charge on any atom is 0.277 e. The van der Waals surface area contributed by atoms with Gasteiger partial charge in [-0.2, -0.15) is 0 Å². The number of amides is 1. The first kappa shape index (κ1) is 19.2. The van der Waals surface area contributed by atoms with Gasteiger partial charge in [-0.3, -0.25) is 4.79 Å². The van der Waals surface area contributed by atoms with Gasteiger partial charge in [0.1, 0.15) is 6.04 Å². The fourth-order valence-electron chi connectivity index (χ4n) is 5.87. The lowest BCUT2D eigenvalue weighted by Crippen LogP contribution is -2.87. The zero-order valence-corrected chi connectivity index (χ0v) is 17.4. The van der Waals surface area contributed by atoms with Crippen molar-refractivity contribution in [2.24, 2.45) is 10.8 Å². The first-order chi connectivity index (χ1) is 13.4. The molecule has 2 aromatic rings. The summed E-state index contributed by atoms with van der Waals surface area (Å²) in [6, 6.07) is 21.6. The normalized spacial score (nSPS) is 25.9. The van der Waals surface area contributed by atoms with E-state index in [4.69, 9.17) is 0 Å². The molecule has 0 radical (unpaired) electrons. The van der Waals surface area contributed by atoms with Gasteiger partial charge in [0.2, 0.25) is 0 Å². The number of carbonyl (C=O) groups is 1. The Balaban J connectivity index is 1.48. The van der Waals surface area contributed by atoms with E-state index in [0.29, 0.717) is 29.3 Å². The van der Waals surface area contributed by atoms with Gasteiger partial charge < -0.3 is 10.2 Å². The molecule has 2 fully saturated rings. The number of carbonyl (C=O) groups excluding carboxylic acids is 1. The third-order valence-corrected chi connectivity index (χ3v) is 6.58. The van der Waals surface area contributed by atoms with Crippen molar-refractivity contribution in [1.82, 2.24) is 4.90 Å². The Hall–Kier alpha value is -2.13. The van der Waals surface area contributed by atoms with Crippen LogP contribution in [0.3, 0.4) is 0 Å². The molecule has 28 heavy (non-hydrogen) atoms. The number of hydrogen-bond acceptors (Lipinski definition) is 1. The largest absolute Gasteiger partial charge is 0.334 e. The standard InChI is InChI=1S/C25H32N2O/c1-24(2)14-21-15-25(3,17-24)18-27(21)22(28)16-26-23(19-10-6-4-7-11-19)20-12-8-5-9-13-20/h4-13,21,23,26H,14-18H2,1-3H3/p+1/t21-,25-/m0/s1. The summed E-state index contributed by atoms with van der Waals surface area (Å²) >= 11 is 0. The second-order valence-electron chi connectivity index (χ2n) is 9.97. The fourth-order valence-corrected chi connectivity index (χ4v) is 5.87. The molecule has 2 bridgehead atoms. The van der Waals surface area contributed by atoms with E-state index in [1.807, 2.05) is 12.1 Å². The smallest absolute Gasteiger partial charge is 0.277 e. The minimum absolute atomic E-state index is 0.153. The van der Waals surface area contributed by atoms with Crippen LogP contribution in [0.5, 0.6) is 0 Å². The predicted octanol–water partition coefficient (Wildman–Crippen LogP) is 3.77. The van der Waals surface area contributed by atoms with Gasteiger partial charge in [0.05, 0.1) is 0 Å². The topological polar surface area (TPSA) is 36.9 Å². The molecule has 0 aromatic heterocycles. The lowest BCUT2D eigenvalue weighted by Gasteiger charge is -2.39. The molecule has 1 amide bonds. The number of rotatable bonds is 5. The molecule has 4 rings (SSSR count). The number of likely N-dealkylation sites (tertiary alicyclic amines) is 1. The predicted molar refractivity (Wildman–Crippen MR) is 113 cm³/mol. The van der Waals surface area contributed by atoms with E-state index in [1.54, 1.807) is 0 Å². The van der Waals surface area contributed by atoms with Crippen molar-refractivity contribution in [3.8, 4) is 0 Å². The van der Waals surface area contributed by atoms with Crippen molar-refractivity contribution < 1.29 is 10.1 Å². The van der Waals surface area contributed by atoms with Gasteiger partial charge in [-0.1, -0.05) is 81.4 Å². The Morgan fingerprint density at radius 3 is 2.14 bits per heavy atom. The van der Waals surface area contributed by atoms with E-state index in [2.05, 4.69) is 79.5 Å². The average Bonchev–Trinajstić information content (AvgIpc) is 2.92. The van der Waals surface area contributed by atoms with Crippen LogP contribution in [-0.2, 0) is 4.79 Å². The lowest BCUT2D eigenvalue weighted by molar-refractivity contribution is -0.677. The molecule has 0 spiro atoms. The number of quaternary nitrogens is 1. The van der Waals surface area contributed by atoms with Crippen LogP contribution in [0, 0.1) is 10.8 Å². The number of hydrogen-bond donors (Lipinski definition) is 1. The van der Waals surface area contributed by atoms with E-state index in [0.717, 1.165) is 13.0 Å². The van der Waals surface area contributed by atoms with E-state index in [1.165, 1.54) is 24.0 Å². The number of benzene rings is 2. The van der Waals surface area contributed by atoms with E-state index in [-0.39, 0.29) is 6.04 Å². The first-order valence-electron chi connectivity index (χ1n) is 10.6. The first-order valence-corrected chi connectivity index (χ1v) is 10.6. The molecule has 1 aliphatic carbocycles. The summed E-state index contributed by atoms with van der Waals surface area (Å²) in [5.74, 6) is 0.295. The Kier molecular flexibility index (Phi) is 5.05. The second kappa shape index (κ2) is 7.36. The molecular weight excluding hydrogens is 344 g/mol. The van der Waals surface area contributed by atoms with Crippen molar-refractivity contribution in [3.63, 3.8) is 0 Å². The van der Waals surface area contributed by atoms with Gasteiger partial charge in [-0.05, 0) is 30.1 Å². The third kappa shape index (κ3) is 4.00. The molecule has 2 aromatic carbocycles. The summed E-state index contributed by atoms with van der Waals surface area (Å²) in [6.07, 6.45) is 3.53. The molecular formula is C25H33N2O+. The molecule has 148 valence electrons. The average molecular weight is 378 g/mol. The maximum absolute atomic E-state index is 13.2. The molecule has 2 atom stereocenters. The zero-order valence-electron chi connectivity index (χ0n) is 17.4. The monoisotopic (exact) mass is 377 g/mol. The summed E-state index contributed by atoms with van der Waals surface area (Å²) in [7, 11) is 0. The van der Waals surface area contributed by atoms with Gasteiger partial charge >= 0.3 is 0 Å². The SMILES string of the molecule is CC1(C)C[C@H]2C[C@](C)(CN2C(=O)C[NH2+]C(c2ccccc2)c2ccccc2)C1. The van der Waals surface area contributed by atoms with Gasteiger partial charge in [-0.25, -0.2) is 0 Å². The summed E-state index contributed by atoms with van der Waals surface area (Å²) < 4.78 is 0. The Morgan fingerprint density at radius 2 is 1.57 bits per heavy atom. The number of nitrogens with two attached hydrogens (primary N) is 1. The molecule has 2 N–H and O–H groups in total. The zero-order chi connectivity index (χ0) is 19.8. The van der Waals surface area contributed by atoms with Crippen molar-refractivity contribution in [1.29, 1.82) is 0 Å². The molecule has 2 aliphatic rings. The van der Waals surface area contributed by atoms with Crippen LogP contribution in [0.4, 0.5) is 0 Å². The number of nitrogens with zero attached hydrogens (tertiary/aromatic N) is 1. The van der Waals surface area contributed by atoms with Gasteiger partial charge in [0.15, 0.2) is 6.54 Å².